The number of aliphatic hydroxyl groups is 1. The number of hydrogen-bond donors (Lipinski definition) is 1. The average molecular weight is 207 g/mol. The number of aromatic nitrogens is 3. The molecule has 1 unspecified atom stereocenters. The Labute approximate surface area is 86.6 Å². The maximum atomic E-state index is 11.9. The number of aryl methyl sites for hydroxylation is 1. The van der Waals surface area contributed by atoms with Gasteiger partial charge in [-0.15, -0.1) is 0 Å². The standard InChI is InChI=1S/C10H13N3O2/c1-7(6-14)13-9-8(4-3-5-11-9)12(2)10(13)15/h3-5,7,14H,6H2,1-2H3. The Hall–Kier alpha value is -1.62. The second kappa shape index (κ2) is 3.51. The van der Waals surface area contributed by atoms with Crippen molar-refractivity contribution in [2.75, 3.05) is 6.61 Å². The van der Waals surface area contributed by atoms with Crippen LogP contribution in [0.1, 0.15) is 13.0 Å². The molecule has 0 aliphatic rings. The quantitative estimate of drug-likeness (QED) is 0.769. The molecule has 2 aromatic rings. The molecule has 5 heteroatoms. The summed E-state index contributed by atoms with van der Waals surface area (Å²) in [5.41, 5.74) is 1.25. The molecular weight excluding hydrogens is 194 g/mol. The van der Waals surface area contributed by atoms with Crippen molar-refractivity contribution in [3.63, 3.8) is 0 Å². The van der Waals surface area contributed by atoms with Crippen LogP contribution < -0.4 is 5.69 Å². The van der Waals surface area contributed by atoms with Gasteiger partial charge < -0.3 is 5.11 Å². The summed E-state index contributed by atoms with van der Waals surface area (Å²) in [4.78, 5) is 16.0. The molecule has 15 heavy (non-hydrogen) atoms. The van der Waals surface area contributed by atoms with Crippen LogP contribution in [0.5, 0.6) is 0 Å². The predicted molar refractivity (Wildman–Crippen MR) is 56.8 cm³/mol. The van der Waals surface area contributed by atoms with Gasteiger partial charge in [-0.25, -0.2) is 9.78 Å². The second-order valence-electron chi connectivity index (χ2n) is 3.59. The molecule has 5 nitrogen and oxygen atoms in total. The van der Waals surface area contributed by atoms with Crippen LogP contribution in [-0.4, -0.2) is 25.8 Å². The lowest BCUT2D eigenvalue weighted by Crippen LogP contribution is -2.26. The normalized spacial score (nSPS) is 13.3. The SMILES string of the molecule is CC(CO)n1c(=O)n(C)c2cccnc21. The van der Waals surface area contributed by atoms with Crippen molar-refractivity contribution in [1.29, 1.82) is 0 Å². The zero-order valence-corrected chi connectivity index (χ0v) is 8.71. The van der Waals surface area contributed by atoms with Crippen LogP contribution in [0.3, 0.4) is 0 Å². The van der Waals surface area contributed by atoms with E-state index in [1.807, 2.05) is 6.07 Å². The van der Waals surface area contributed by atoms with Gasteiger partial charge in [0, 0.05) is 13.2 Å². The van der Waals surface area contributed by atoms with E-state index in [0.717, 1.165) is 5.52 Å². The van der Waals surface area contributed by atoms with E-state index < -0.39 is 0 Å². The summed E-state index contributed by atoms with van der Waals surface area (Å²) in [6, 6.07) is 3.37. The fourth-order valence-electron chi connectivity index (χ4n) is 1.67. The van der Waals surface area contributed by atoms with Crippen molar-refractivity contribution in [1.82, 2.24) is 14.1 Å². The van der Waals surface area contributed by atoms with Gasteiger partial charge in [0.2, 0.25) is 0 Å². The lowest BCUT2D eigenvalue weighted by atomic mass is 10.3. The fraction of sp³-hybridized carbons (Fsp3) is 0.400. The zero-order valence-electron chi connectivity index (χ0n) is 8.71. The number of imidazole rings is 1. The van der Waals surface area contributed by atoms with E-state index in [2.05, 4.69) is 4.98 Å². The van der Waals surface area contributed by atoms with Crippen LogP contribution in [0.25, 0.3) is 11.2 Å². The summed E-state index contributed by atoms with van der Waals surface area (Å²) in [7, 11) is 1.70. The van der Waals surface area contributed by atoms with Crippen LogP contribution in [0.2, 0.25) is 0 Å². The van der Waals surface area contributed by atoms with Gasteiger partial charge in [0.25, 0.3) is 0 Å². The second-order valence-corrected chi connectivity index (χ2v) is 3.59. The first-order valence-electron chi connectivity index (χ1n) is 4.79. The molecule has 0 saturated carbocycles. The molecule has 0 radical (unpaired) electrons. The molecule has 1 atom stereocenters. The molecule has 0 bridgehead atoms. The topological polar surface area (TPSA) is 60.1 Å². The molecule has 0 aliphatic carbocycles. The van der Waals surface area contributed by atoms with E-state index >= 15 is 0 Å². The van der Waals surface area contributed by atoms with E-state index in [0.29, 0.717) is 5.65 Å². The minimum absolute atomic E-state index is 0.0738. The summed E-state index contributed by atoms with van der Waals surface area (Å²) < 4.78 is 3.05. The third-order valence-electron chi connectivity index (χ3n) is 2.55. The maximum Gasteiger partial charge on any atom is 0.330 e. The van der Waals surface area contributed by atoms with Crippen molar-refractivity contribution in [2.45, 2.75) is 13.0 Å². The fourth-order valence-corrected chi connectivity index (χ4v) is 1.67. The van der Waals surface area contributed by atoms with E-state index in [1.165, 1.54) is 9.13 Å². The van der Waals surface area contributed by atoms with Gasteiger partial charge in [-0.3, -0.25) is 9.13 Å². The van der Waals surface area contributed by atoms with Gasteiger partial charge >= 0.3 is 5.69 Å². The van der Waals surface area contributed by atoms with Crippen LogP contribution in [-0.2, 0) is 7.05 Å². The van der Waals surface area contributed by atoms with E-state index in [4.69, 9.17) is 5.11 Å². The maximum absolute atomic E-state index is 11.9. The molecule has 0 amide bonds. The van der Waals surface area contributed by atoms with Gasteiger partial charge in [0.05, 0.1) is 18.2 Å². The van der Waals surface area contributed by atoms with Crippen LogP contribution in [0.4, 0.5) is 0 Å². The Kier molecular flexibility index (Phi) is 2.32. The number of aliphatic hydroxyl groups excluding tert-OH is 1. The van der Waals surface area contributed by atoms with Crippen molar-refractivity contribution in [2.24, 2.45) is 7.05 Å². The number of fused-ring (bicyclic) bond motifs is 1. The smallest absolute Gasteiger partial charge is 0.330 e. The molecule has 1 N–H and O–H groups in total. The Balaban J connectivity index is 2.84. The third kappa shape index (κ3) is 1.35. The molecule has 2 aromatic heterocycles. The van der Waals surface area contributed by atoms with Gasteiger partial charge in [-0.05, 0) is 19.1 Å². The van der Waals surface area contributed by atoms with Crippen LogP contribution in [0.15, 0.2) is 23.1 Å². The molecule has 2 rings (SSSR count). The number of hydrogen-bond acceptors (Lipinski definition) is 3. The molecule has 0 aliphatic heterocycles. The Morgan fingerprint density at radius 1 is 1.60 bits per heavy atom. The minimum atomic E-state index is -0.254. The Bertz CT molecular complexity index is 541. The van der Waals surface area contributed by atoms with Crippen molar-refractivity contribution < 1.29 is 5.11 Å². The van der Waals surface area contributed by atoms with E-state index in [-0.39, 0.29) is 18.3 Å². The molecule has 0 spiro atoms. The molecule has 0 aromatic carbocycles. The van der Waals surface area contributed by atoms with Gasteiger partial charge in [-0.1, -0.05) is 0 Å². The largest absolute Gasteiger partial charge is 0.394 e. The van der Waals surface area contributed by atoms with Crippen molar-refractivity contribution in [3.8, 4) is 0 Å². The summed E-state index contributed by atoms with van der Waals surface area (Å²) in [5.74, 6) is 0. The highest BCUT2D eigenvalue weighted by molar-refractivity contribution is 5.71. The van der Waals surface area contributed by atoms with Gasteiger partial charge in [-0.2, -0.15) is 0 Å². The van der Waals surface area contributed by atoms with Gasteiger partial charge in [0.15, 0.2) is 5.65 Å². The van der Waals surface area contributed by atoms with E-state index in [9.17, 15) is 4.79 Å². The predicted octanol–water partition coefficient (Wildman–Crippen LogP) is 0.288. The van der Waals surface area contributed by atoms with Crippen LogP contribution in [0, 0.1) is 0 Å². The average Bonchev–Trinajstić information content (AvgIpc) is 2.52. The van der Waals surface area contributed by atoms with Crippen molar-refractivity contribution >= 4 is 11.2 Å². The number of pyridine rings is 1. The third-order valence-corrected chi connectivity index (χ3v) is 2.55. The van der Waals surface area contributed by atoms with Gasteiger partial charge in [0.1, 0.15) is 0 Å². The Morgan fingerprint density at radius 3 is 3.00 bits per heavy atom. The summed E-state index contributed by atoms with van der Waals surface area (Å²) in [6.45, 7) is 1.71. The zero-order chi connectivity index (χ0) is 11.0. The highest BCUT2D eigenvalue weighted by Crippen LogP contribution is 2.12. The molecule has 0 saturated heterocycles. The van der Waals surface area contributed by atoms with E-state index in [1.54, 1.807) is 26.2 Å². The molecule has 80 valence electrons. The highest BCUT2D eigenvalue weighted by atomic mass is 16.3. The summed E-state index contributed by atoms with van der Waals surface area (Å²) in [6.07, 6.45) is 1.64. The molecule has 2 heterocycles. The summed E-state index contributed by atoms with van der Waals surface area (Å²) in [5, 5.41) is 9.08. The van der Waals surface area contributed by atoms with Crippen molar-refractivity contribution in [3.05, 3.63) is 28.8 Å². The molecule has 0 fully saturated rings. The highest BCUT2D eigenvalue weighted by Gasteiger charge is 2.15. The molecular formula is C10H13N3O2. The first-order chi connectivity index (χ1) is 7.16. The lowest BCUT2D eigenvalue weighted by Gasteiger charge is -2.08. The van der Waals surface area contributed by atoms with Crippen LogP contribution >= 0.6 is 0 Å². The lowest BCUT2D eigenvalue weighted by molar-refractivity contribution is 0.238. The minimum Gasteiger partial charge on any atom is -0.394 e. The Morgan fingerprint density at radius 2 is 2.33 bits per heavy atom. The number of rotatable bonds is 2. The number of nitrogens with zero attached hydrogens (tertiary/aromatic N) is 3. The summed E-state index contributed by atoms with van der Waals surface area (Å²) >= 11 is 0. The monoisotopic (exact) mass is 207 g/mol. The first-order valence-corrected chi connectivity index (χ1v) is 4.79. The first kappa shape index (κ1) is 9.92.